The zero-order valence-electron chi connectivity index (χ0n) is 23.2. The van der Waals surface area contributed by atoms with E-state index in [-0.39, 0.29) is 5.41 Å². The van der Waals surface area contributed by atoms with Gasteiger partial charge < -0.3 is 15.2 Å². The van der Waals surface area contributed by atoms with Gasteiger partial charge in [0.1, 0.15) is 11.9 Å². The highest BCUT2D eigenvalue weighted by molar-refractivity contribution is 6.30. The Morgan fingerprint density at radius 1 is 1.10 bits per heavy atom. The maximum Gasteiger partial charge on any atom is 0.329 e. The number of carbonyl (C=O) groups is 1. The first kappa shape index (κ1) is 27.1. The predicted molar refractivity (Wildman–Crippen MR) is 157 cm³/mol. The fraction of sp³-hybridized carbons (Fsp3) is 0.485. The minimum atomic E-state index is -1.00. The monoisotopic (exact) mass is 559 g/mol. The van der Waals surface area contributed by atoms with Crippen LogP contribution in [-0.2, 0) is 29.5 Å². The molecule has 0 aliphatic heterocycles. The summed E-state index contributed by atoms with van der Waals surface area (Å²) in [5, 5.41) is 14.4. The van der Waals surface area contributed by atoms with Crippen molar-refractivity contribution in [1.82, 2.24) is 9.97 Å². The summed E-state index contributed by atoms with van der Waals surface area (Å²) in [6.45, 7) is 2.90. The van der Waals surface area contributed by atoms with Gasteiger partial charge >= 0.3 is 5.97 Å². The number of nitrogens with zero attached hydrogens (tertiary/aromatic N) is 2. The molecule has 1 aromatic heterocycles. The number of carboxylic acid groups (broad SMARTS) is 1. The summed E-state index contributed by atoms with van der Waals surface area (Å²) < 4.78 is 6.32. The van der Waals surface area contributed by atoms with Gasteiger partial charge in [0.2, 0.25) is 5.88 Å². The number of aliphatic carboxylic acids is 1. The van der Waals surface area contributed by atoms with Gasteiger partial charge in [0.05, 0.1) is 12.3 Å². The molecule has 0 bridgehead atoms. The van der Waals surface area contributed by atoms with E-state index in [4.69, 9.17) is 16.3 Å². The van der Waals surface area contributed by atoms with Crippen LogP contribution >= 0.6 is 11.6 Å². The van der Waals surface area contributed by atoms with Gasteiger partial charge in [-0.2, -0.15) is 0 Å². The number of benzene rings is 2. The van der Waals surface area contributed by atoms with Gasteiger partial charge in [0.15, 0.2) is 0 Å². The van der Waals surface area contributed by atoms with Crippen molar-refractivity contribution in [1.29, 1.82) is 0 Å². The lowest BCUT2D eigenvalue weighted by Crippen LogP contribution is -2.53. The molecule has 1 fully saturated rings. The molecule has 7 heteroatoms. The zero-order chi connectivity index (χ0) is 27.7. The number of aryl methyl sites for hydroxylation is 1. The number of nitrogens with one attached hydrogen (secondary N) is 1. The first-order valence-electron chi connectivity index (χ1n) is 14.7. The number of carboxylic acids is 1. The molecular formula is C33H38ClN3O3. The average Bonchev–Trinajstić information content (AvgIpc) is 3.25. The number of ether oxygens (including phenoxy) is 1. The van der Waals surface area contributed by atoms with Crippen LogP contribution in [0.25, 0.3) is 0 Å². The van der Waals surface area contributed by atoms with Crippen LogP contribution in [0.5, 0.6) is 5.88 Å². The molecule has 1 spiro atoms. The van der Waals surface area contributed by atoms with E-state index in [0.717, 1.165) is 55.8 Å². The Labute approximate surface area is 241 Å². The van der Waals surface area contributed by atoms with Crippen LogP contribution in [0, 0.1) is 11.8 Å². The first-order chi connectivity index (χ1) is 19.4. The van der Waals surface area contributed by atoms with Gasteiger partial charge in [-0.15, -0.1) is 0 Å². The molecule has 3 aromatic rings. The number of rotatable bonds is 8. The first-order valence-corrected chi connectivity index (χ1v) is 15.1. The Morgan fingerprint density at radius 3 is 2.70 bits per heavy atom. The van der Waals surface area contributed by atoms with Crippen molar-refractivity contribution in [3.05, 3.63) is 82.3 Å². The number of aromatic nitrogens is 2. The largest absolute Gasteiger partial charge is 0.480 e. The highest BCUT2D eigenvalue weighted by Crippen LogP contribution is 2.56. The van der Waals surface area contributed by atoms with Gasteiger partial charge in [0.25, 0.3) is 0 Å². The Balaban J connectivity index is 1.19. The minimum absolute atomic E-state index is 0.0199. The van der Waals surface area contributed by atoms with E-state index in [1.54, 1.807) is 18.5 Å². The lowest BCUT2D eigenvalue weighted by Gasteiger charge is -2.47. The fourth-order valence-electron chi connectivity index (χ4n) is 7.60. The van der Waals surface area contributed by atoms with E-state index in [1.807, 2.05) is 12.1 Å². The summed E-state index contributed by atoms with van der Waals surface area (Å²) in [6.07, 6.45) is 10.9. The summed E-state index contributed by atoms with van der Waals surface area (Å²) in [5.74, 6) is 0.763. The van der Waals surface area contributed by atoms with E-state index in [9.17, 15) is 9.90 Å². The summed E-state index contributed by atoms with van der Waals surface area (Å²) >= 11 is 6.20. The van der Waals surface area contributed by atoms with Crippen molar-refractivity contribution < 1.29 is 14.6 Å². The van der Waals surface area contributed by atoms with Crippen molar-refractivity contribution in [3.63, 3.8) is 0 Å². The van der Waals surface area contributed by atoms with Crippen LogP contribution in [0.4, 0.5) is 5.69 Å². The zero-order valence-corrected chi connectivity index (χ0v) is 23.9. The Hall–Kier alpha value is -3.12. The lowest BCUT2D eigenvalue weighted by atomic mass is 9.59. The highest BCUT2D eigenvalue weighted by atomic mass is 35.5. The molecule has 210 valence electrons. The van der Waals surface area contributed by atoms with Crippen LogP contribution in [0.2, 0.25) is 5.02 Å². The molecule has 3 aliphatic rings. The number of anilines is 1. The molecule has 0 radical (unpaired) electrons. The third-order valence-electron chi connectivity index (χ3n) is 9.69. The molecule has 2 atom stereocenters. The molecule has 3 aliphatic carbocycles. The highest BCUT2D eigenvalue weighted by Gasteiger charge is 2.54. The number of halogens is 1. The van der Waals surface area contributed by atoms with E-state index in [0.29, 0.717) is 36.3 Å². The summed E-state index contributed by atoms with van der Waals surface area (Å²) in [4.78, 5) is 21.6. The fourth-order valence-corrected chi connectivity index (χ4v) is 7.79. The molecule has 2 aromatic carbocycles. The maximum atomic E-state index is 12.7. The lowest BCUT2D eigenvalue weighted by molar-refractivity contribution is -0.144. The molecule has 40 heavy (non-hydrogen) atoms. The van der Waals surface area contributed by atoms with Crippen LogP contribution in [0.1, 0.15) is 74.3 Å². The van der Waals surface area contributed by atoms with Crippen molar-refractivity contribution in [2.75, 3.05) is 11.9 Å². The Morgan fingerprint density at radius 2 is 1.90 bits per heavy atom. The van der Waals surface area contributed by atoms with Crippen LogP contribution < -0.4 is 10.1 Å². The number of hydrogen-bond acceptors (Lipinski definition) is 5. The van der Waals surface area contributed by atoms with E-state index >= 15 is 0 Å². The molecule has 1 saturated carbocycles. The standard InChI is InChI=1S/C33H38ClN3O3/c1-22(20-40-30-27-10-3-5-12-29(27)35-21-36-30)17-24-18-23-7-2-4-11-28(23)32(24)13-15-33(16-14-32,31(38)39)37-26-9-6-8-25(34)19-26/h2,4,6-9,11,19,21-22,24,37H,3,5,10,12-18,20H2,1H3,(H,38,39)/t22-,24+,32?,33?/m1/s1. The molecule has 0 saturated heterocycles. The third kappa shape index (κ3) is 5.07. The molecule has 2 N–H and O–H groups in total. The molecule has 0 amide bonds. The van der Waals surface area contributed by atoms with E-state index in [1.165, 1.54) is 29.5 Å². The number of hydrogen-bond donors (Lipinski definition) is 2. The molecule has 6 rings (SSSR count). The van der Waals surface area contributed by atoms with Crippen LogP contribution in [-0.4, -0.2) is 33.2 Å². The molecule has 0 unspecified atom stereocenters. The topological polar surface area (TPSA) is 84.3 Å². The second-order valence-electron chi connectivity index (χ2n) is 12.2. The second kappa shape index (κ2) is 11.0. The predicted octanol–water partition coefficient (Wildman–Crippen LogP) is 7.03. The third-order valence-corrected chi connectivity index (χ3v) is 9.93. The normalized spacial score (nSPS) is 26.1. The van der Waals surface area contributed by atoms with Crippen molar-refractivity contribution in [2.45, 2.75) is 82.1 Å². The summed E-state index contributed by atoms with van der Waals surface area (Å²) in [6, 6.07) is 16.2. The maximum absolute atomic E-state index is 12.7. The van der Waals surface area contributed by atoms with Crippen molar-refractivity contribution in [2.24, 2.45) is 11.8 Å². The van der Waals surface area contributed by atoms with Gasteiger partial charge in [-0.1, -0.05) is 48.9 Å². The molecule has 1 heterocycles. The van der Waals surface area contributed by atoms with Gasteiger partial charge in [-0.3, -0.25) is 0 Å². The van der Waals surface area contributed by atoms with Gasteiger partial charge in [0, 0.05) is 16.3 Å². The SMILES string of the molecule is C[C@@H](COc1ncnc2c1CCCC2)C[C@H]1Cc2ccccc2C12CCC(Nc1cccc(Cl)c1)(C(=O)O)CC2. The molecule has 6 nitrogen and oxygen atoms in total. The summed E-state index contributed by atoms with van der Waals surface area (Å²) in [7, 11) is 0. The minimum Gasteiger partial charge on any atom is -0.480 e. The van der Waals surface area contributed by atoms with Gasteiger partial charge in [-0.05, 0) is 111 Å². The van der Waals surface area contributed by atoms with Gasteiger partial charge in [-0.25, -0.2) is 14.8 Å². The number of fused-ring (bicyclic) bond motifs is 3. The smallest absolute Gasteiger partial charge is 0.329 e. The second-order valence-corrected chi connectivity index (χ2v) is 12.6. The van der Waals surface area contributed by atoms with E-state index in [2.05, 4.69) is 46.5 Å². The Kier molecular flexibility index (Phi) is 7.47. The van der Waals surface area contributed by atoms with Crippen molar-refractivity contribution >= 4 is 23.3 Å². The molecular weight excluding hydrogens is 522 g/mol. The average molecular weight is 560 g/mol. The van der Waals surface area contributed by atoms with Crippen LogP contribution in [0.15, 0.2) is 54.9 Å². The Bertz CT molecular complexity index is 1380. The summed E-state index contributed by atoms with van der Waals surface area (Å²) in [5.41, 5.74) is 4.90. The van der Waals surface area contributed by atoms with E-state index < -0.39 is 11.5 Å². The van der Waals surface area contributed by atoms with Crippen molar-refractivity contribution in [3.8, 4) is 5.88 Å². The quantitative estimate of drug-likeness (QED) is 0.308. The van der Waals surface area contributed by atoms with Crippen LogP contribution in [0.3, 0.4) is 0 Å².